The highest BCUT2D eigenvalue weighted by molar-refractivity contribution is 7.91. The van der Waals surface area contributed by atoms with E-state index in [1.807, 2.05) is 18.3 Å². The quantitative estimate of drug-likeness (QED) is 0.524. The summed E-state index contributed by atoms with van der Waals surface area (Å²) in [6.07, 6.45) is 5.84. The van der Waals surface area contributed by atoms with E-state index in [1.54, 1.807) is 12.1 Å². The zero-order valence-electron chi connectivity index (χ0n) is 19.4. The Balaban J connectivity index is 1.16. The summed E-state index contributed by atoms with van der Waals surface area (Å²) >= 11 is 7.12. The Labute approximate surface area is 216 Å². The lowest BCUT2D eigenvalue weighted by molar-refractivity contribution is 0.386. The second-order valence-electron chi connectivity index (χ2n) is 9.83. The number of anilines is 2. The van der Waals surface area contributed by atoms with Gasteiger partial charge < -0.3 is 9.80 Å². The molecular weight excluding hydrogens is 500 g/mol. The Kier molecular flexibility index (Phi) is 6.25. The average molecular weight is 529 g/mol. The number of pyridine rings is 1. The second-order valence-corrected chi connectivity index (χ2v) is 13.5. The van der Waals surface area contributed by atoms with Crippen molar-refractivity contribution in [1.82, 2.24) is 9.71 Å². The minimum Gasteiger partial charge on any atom is -0.368 e. The summed E-state index contributed by atoms with van der Waals surface area (Å²) < 4.78 is 29.9. The topological polar surface area (TPSA) is 65.5 Å². The third-order valence-electron chi connectivity index (χ3n) is 7.80. The minimum absolute atomic E-state index is 0.0290. The Hall–Kier alpha value is -2.13. The first-order valence-electron chi connectivity index (χ1n) is 12.3. The van der Waals surface area contributed by atoms with Crippen LogP contribution < -0.4 is 14.5 Å². The lowest BCUT2D eigenvalue weighted by atomic mass is 9.93. The summed E-state index contributed by atoms with van der Waals surface area (Å²) in [6.45, 7) is 3.84. The normalized spacial score (nSPS) is 24.3. The van der Waals surface area contributed by atoms with Crippen LogP contribution in [0.2, 0.25) is 4.34 Å². The van der Waals surface area contributed by atoms with Crippen molar-refractivity contribution in [3.05, 3.63) is 70.2 Å². The average Bonchev–Trinajstić information content (AvgIpc) is 3.42. The molecule has 3 heterocycles. The Morgan fingerprint density at radius 1 is 0.914 bits per heavy atom. The molecule has 1 saturated carbocycles. The van der Waals surface area contributed by atoms with Crippen LogP contribution in [0.3, 0.4) is 0 Å². The number of fused-ring (bicyclic) bond motifs is 3. The fourth-order valence-electron chi connectivity index (χ4n) is 6.00. The molecule has 3 aromatic rings. The van der Waals surface area contributed by atoms with Gasteiger partial charge in [-0.1, -0.05) is 23.7 Å². The molecule has 9 heteroatoms. The molecule has 6 nitrogen and oxygen atoms in total. The van der Waals surface area contributed by atoms with E-state index in [2.05, 4.69) is 43.8 Å². The van der Waals surface area contributed by atoms with Crippen LogP contribution in [0.1, 0.15) is 24.0 Å². The molecule has 0 spiro atoms. The summed E-state index contributed by atoms with van der Waals surface area (Å²) in [5, 5.41) is 0. The molecule has 1 aromatic carbocycles. The van der Waals surface area contributed by atoms with Crippen molar-refractivity contribution >= 4 is 44.5 Å². The maximum Gasteiger partial charge on any atom is 0.250 e. The molecule has 3 aliphatic rings. The first-order valence-corrected chi connectivity index (χ1v) is 14.9. The molecule has 1 saturated heterocycles. The van der Waals surface area contributed by atoms with Crippen LogP contribution in [-0.4, -0.2) is 45.6 Å². The van der Waals surface area contributed by atoms with E-state index in [-0.39, 0.29) is 6.04 Å². The number of hydrogen-bond donors (Lipinski definition) is 1. The van der Waals surface area contributed by atoms with E-state index in [4.69, 9.17) is 11.6 Å². The van der Waals surface area contributed by atoms with Gasteiger partial charge in [-0.2, -0.15) is 0 Å². The largest absolute Gasteiger partial charge is 0.368 e. The summed E-state index contributed by atoms with van der Waals surface area (Å²) in [4.78, 5) is 9.30. The molecule has 2 aliphatic carbocycles. The SMILES string of the molecule is O=S(=O)(NC1C2CCC1Cc1cc(N3CCN(c4ccccn4)CC3)ccc1C2)c1ccc(Cl)s1. The van der Waals surface area contributed by atoms with Crippen LogP contribution in [0.15, 0.2) is 58.9 Å². The van der Waals surface area contributed by atoms with Gasteiger partial charge in [0.2, 0.25) is 10.0 Å². The number of halogens is 1. The molecule has 3 atom stereocenters. The molecular formula is C26H29ClN4O2S2. The van der Waals surface area contributed by atoms with Gasteiger partial charge in [-0.25, -0.2) is 18.1 Å². The first-order chi connectivity index (χ1) is 17.0. The van der Waals surface area contributed by atoms with Gasteiger partial charge in [0.15, 0.2) is 0 Å². The molecule has 184 valence electrons. The van der Waals surface area contributed by atoms with Crippen molar-refractivity contribution in [2.45, 2.75) is 35.9 Å². The predicted octanol–water partition coefficient (Wildman–Crippen LogP) is 4.60. The molecule has 0 amide bonds. The zero-order valence-corrected chi connectivity index (χ0v) is 21.8. The third-order valence-corrected chi connectivity index (χ3v) is 11.0. The monoisotopic (exact) mass is 528 g/mol. The number of aromatic nitrogens is 1. The van der Waals surface area contributed by atoms with E-state index < -0.39 is 10.0 Å². The molecule has 1 N–H and O–H groups in total. The molecule has 6 rings (SSSR count). The number of benzene rings is 1. The van der Waals surface area contributed by atoms with E-state index in [0.29, 0.717) is 20.4 Å². The van der Waals surface area contributed by atoms with Crippen molar-refractivity contribution in [3.8, 4) is 0 Å². The van der Waals surface area contributed by atoms with Crippen molar-refractivity contribution in [2.75, 3.05) is 36.0 Å². The van der Waals surface area contributed by atoms with Gasteiger partial charge in [-0.3, -0.25) is 0 Å². The van der Waals surface area contributed by atoms with Crippen molar-refractivity contribution in [3.63, 3.8) is 0 Å². The second kappa shape index (κ2) is 9.39. The van der Waals surface area contributed by atoms with Crippen LogP contribution in [0.4, 0.5) is 11.5 Å². The number of rotatable bonds is 5. The Bertz CT molecular complexity index is 1310. The highest BCUT2D eigenvalue weighted by Gasteiger charge is 2.41. The van der Waals surface area contributed by atoms with E-state index in [0.717, 1.165) is 69.0 Å². The number of hydrogen-bond acceptors (Lipinski definition) is 6. The summed E-state index contributed by atoms with van der Waals surface area (Å²) in [7, 11) is -3.56. The van der Waals surface area contributed by atoms with Crippen molar-refractivity contribution in [2.24, 2.45) is 11.8 Å². The number of nitrogens with zero attached hydrogens (tertiary/aromatic N) is 3. The lowest BCUT2D eigenvalue weighted by Crippen LogP contribution is -2.46. The highest BCUT2D eigenvalue weighted by Crippen LogP contribution is 2.42. The standard InChI is InChI=1S/C26H29ClN4O2S2/c27-23-8-9-25(34-23)35(32,33)29-26-19-4-5-20(26)16-21-17-22(7-6-18(21)15-19)30-11-13-31(14-12-30)24-3-1-2-10-28-24/h1-3,6-10,17,19-20,26,29H,4-5,11-16H2. The van der Waals surface area contributed by atoms with Gasteiger partial charge in [-0.05, 0) is 85.0 Å². The molecule has 2 bridgehead atoms. The fraction of sp³-hybridized carbons (Fsp3) is 0.423. The maximum absolute atomic E-state index is 13.0. The molecule has 0 radical (unpaired) electrons. The minimum atomic E-state index is -3.56. The number of nitrogens with one attached hydrogen (secondary N) is 1. The smallest absolute Gasteiger partial charge is 0.250 e. The Morgan fingerprint density at radius 2 is 1.66 bits per heavy atom. The summed E-state index contributed by atoms with van der Waals surface area (Å²) in [5.41, 5.74) is 4.02. The highest BCUT2D eigenvalue weighted by atomic mass is 35.5. The lowest BCUT2D eigenvalue weighted by Gasteiger charge is -2.37. The number of piperazine rings is 1. The Morgan fingerprint density at radius 3 is 2.34 bits per heavy atom. The predicted molar refractivity (Wildman–Crippen MR) is 142 cm³/mol. The van der Waals surface area contributed by atoms with Gasteiger partial charge in [0.1, 0.15) is 10.0 Å². The first kappa shape index (κ1) is 23.3. The van der Waals surface area contributed by atoms with Gasteiger partial charge in [0.05, 0.1) is 4.34 Å². The molecule has 3 unspecified atom stereocenters. The van der Waals surface area contributed by atoms with Crippen LogP contribution >= 0.6 is 22.9 Å². The maximum atomic E-state index is 13.0. The van der Waals surface area contributed by atoms with Gasteiger partial charge in [0.25, 0.3) is 0 Å². The van der Waals surface area contributed by atoms with Crippen LogP contribution in [0.25, 0.3) is 0 Å². The van der Waals surface area contributed by atoms with Crippen LogP contribution in [-0.2, 0) is 22.9 Å². The van der Waals surface area contributed by atoms with Gasteiger partial charge in [0, 0.05) is 44.1 Å². The van der Waals surface area contributed by atoms with Gasteiger partial charge >= 0.3 is 0 Å². The van der Waals surface area contributed by atoms with Crippen LogP contribution in [0.5, 0.6) is 0 Å². The third kappa shape index (κ3) is 4.69. The van der Waals surface area contributed by atoms with E-state index in [1.165, 1.54) is 16.8 Å². The number of thiophene rings is 1. The van der Waals surface area contributed by atoms with Crippen LogP contribution in [0, 0.1) is 11.8 Å². The van der Waals surface area contributed by atoms with Gasteiger partial charge in [-0.15, -0.1) is 11.3 Å². The molecule has 35 heavy (non-hydrogen) atoms. The molecule has 2 aromatic heterocycles. The van der Waals surface area contributed by atoms with E-state index >= 15 is 0 Å². The molecule has 2 fully saturated rings. The van der Waals surface area contributed by atoms with Crippen molar-refractivity contribution < 1.29 is 8.42 Å². The number of sulfonamides is 1. The summed E-state index contributed by atoms with van der Waals surface area (Å²) in [6, 6.07) is 16.2. The fourth-order valence-corrected chi connectivity index (χ4v) is 8.87. The van der Waals surface area contributed by atoms with E-state index in [9.17, 15) is 8.42 Å². The summed E-state index contributed by atoms with van der Waals surface area (Å²) in [5.74, 6) is 1.70. The zero-order chi connectivity index (χ0) is 24.0. The molecule has 1 aliphatic heterocycles. The van der Waals surface area contributed by atoms with Crippen molar-refractivity contribution in [1.29, 1.82) is 0 Å².